The summed E-state index contributed by atoms with van der Waals surface area (Å²) in [5.41, 5.74) is 1.29. The van der Waals surface area contributed by atoms with Crippen LogP contribution in [-0.4, -0.2) is 19.6 Å². The van der Waals surface area contributed by atoms with Crippen molar-refractivity contribution in [2.45, 2.75) is 0 Å². The van der Waals surface area contributed by atoms with Crippen molar-refractivity contribution in [3.63, 3.8) is 0 Å². The first-order valence-electron chi connectivity index (χ1n) is 6.11. The SMILES string of the molecule is COc1ccccc1NC(=O)CNc1ccc(F)cc1. The summed E-state index contributed by atoms with van der Waals surface area (Å²) in [5, 5.41) is 5.65. The van der Waals surface area contributed by atoms with Gasteiger partial charge in [0.15, 0.2) is 0 Å². The Kier molecular flexibility index (Phi) is 4.55. The molecule has 0 spiro atoms. The maximum Gasteiger partial charge on any atom is 0.243 e. The highest BCUT2D eigenvalue weighted by Gasteiger charge is 2.06. The standard InChI is InChI=1S/C15H15FN2O2/c1-20-14-5-3-2-4-13(14)18-15(19)10-17-12-8-6-11(16)7-9-12/h2-9,17H,10H2,1H3,(H,18,19). The second-order valence-electron chi connectivity index (χ2n) is 4.11. The summed E-state index contributed by atoms with van der Waals surface area (Å²) in [6.07, 6.45) is 0. The van der Waals surface area contributed by atoms with Crippen LogP contribution in [0.5, 0.6) is 5.75 Å². The summed E-state index contributed by atoms with van der Waals surface area (Å²) < 4.78 is 17.9. The molecular formula is C15H15FN2O2. The van der Waals surface area contributed by atoms with E-state index < -0.39 is 0 Å². The molecule has 0 aliphatic heterocycles. The average molecular weight is 274 g/mol. The van der Waals surface area contributed by atoms with Gasteiger partial charge in [0, 0.05) is 5.69 Å². The van der Waals surface area contributed by atoms with Crippen molar-refractivity contribution in [1.29, 1.82) is 0 Å². The fourth-order valence-electron chi connectivity index (χ4n) is 1.69. The minimum Gasteiger partial charge on any atom is -0.495 e. The van der Waals surface area contributed by atoms with E-state index in [-0.39, 0.29) is 18.3 Å². The Balaban J connectivity index is 1.91. The largest absolute Gasteiger partial charge is 0.495 e. The van der Waals surface area contributed by atoms with Crippen LogP contribution in [0.3, 0.4) is 0 Å². The number of rotatable bonds is 5. The molecule has 104 valence electrons. The van der Waals surface area contributed by atoms with E-state index in [2.05, 4.69) is 10.6 Å². The zero-order chi connectivity index (χ0) is 14.4. The number of anilines is 2. The quantitative estimate of drug-likeness (QED) is 0.881. The van der Waals surface area contributed by atoms with E-state index in [4.69, 9.17) is 4.74 Å². The van der Waals surface area contributed by atoms with Crippen molar-refractivity contribution >= 4 is 17.3 Å². The summed E-state index contributed by atoms with van der Waals surface area (Å²) in [7, 11) is 1.54. The van der Waals surface area contributed by atoms with Crippen molar-refractivity contribution < 1.29 is 13.9 Å². The van der Waals surface area contributed by atoms with Crippen molar-refractivity contribution in [3.05, 3.63) is 54.3 Å². The third-order valence-corrected chi connectivity index (χ3v) is 2.68. The number of nitrogens with one attached hydrogen (secondary N) is 2. The fourth-order valence-corrected chi connectivity index (χ4v) is 1.69. The van der Waals surface area contributed by atoms with Crippen molar-refractivity contribution in [3.8, 4) is 5.75 Å². The molecular weight excluding hydrogens is 259 g/mol. The molecule has 2 N–H and O–H groups in total. The minimum absolute atomic E-state index is 0.0870. The molecule has 0 saturated heterocycles. The molecule has 0 saturated carbocycles. The molecule has 0 fully saturated rings. The van der Waals surface area contributed by atoms with Gasteiger partial charge < -0.3 is 15.4 Å². The summed E-state index contributed by atoms with van der Waals surface area (Å²) in [6.45, 7) is 0.0870. The first kappa shape index (κ1) is 13.9. The number of methoxy groups -OCH3 is 1. The van der Waals surface area contributed by atoms with Gasteiger partial charge in [0.05, 0.1) is 19.3 Å². The molecule has 0 radical (unpaired) electrons. The molecule has 0 unspecified atom stereocenters. The zero-order valence-corrected chi connectivity index (χ0v) is 11.0. The van der Waals surface area contributed by atoms with Crippen LogP contribution in [0.15, 0.2) is 48.5 Å². The second kappa shape index (κ2) is 6.56. The molecule has 0 bridgehead atoms. The number of benzene rings is 2. The predicted molar refractivity (Wildman–Crippen MR) is 76.5 cm³/mol. The zero-order valence-electron chi connectivity index (χ0n) is 11.0. The van der Waals surface area contributed by atoms with E-state index in [1.165, 1.54) is 12.1 Å². The van der Waals surface area contributed by atoms with Gasteiger partial charge in [-0.2, -0.15) is 0 Å². The molecule has 20 heavy (non-hydrogen) atoms. The van der Waals surface area contributed by atoms with Crippen LogP contribution in [0, 0.1) is 5.82 Å². The van der Waals surface area contributed by atoms with E-state index in [9.17, 15) is 9.18 Å². The molecule has 1 amide bonds. The molecule has 0 atom stereocenters. The number of carbonyl (C=O) groups is 1. The predicted octanol–water partition coefficient (Wildman–Crippen LogP) is 2.88. The monoisotopic (exact) mass is 274 g/mol. The van der Waals surface area contributed by atoms with E-state index in [0.717, 1.165) is 0 Å². The van der Waals surface area contributed by atoms with Gasteiger partial charge in [-0.3, -0.25) is 4.79 Å². The van der Waals surface area contributed by atoms with Crippen LogP contribution in [0.25, 0.3) is 0 Å². The highest BCUT2D eigenvalue weighted by molar-refractivity contribution is 5.95. The molecule has 4 nitrogen and oxygen atoms in total. The number of ether oxygens (including phenoxy) is 1. The first-order valence-corrected chi connectivity index (χ1v) is 6.11. The summed E-state index contributed by atoms with van der Waals surface area (Å²) >= 11 is 0. The Morgan fingerprint density at radius 1 is 1.15 bits per heavy atom. The van der Waals surface area contributed by atoms with Gasteiger partial charge >= 0.3 is 0 Å². The van der Waals surface area contributed by atoms with Crippen LogP contribution < -0.4 is 15.4 Å². The lowest BCUT2D eigenvalue weighted by molar-refractivity contribution is -0.114. The topological polar surface area (TPSA) is 50.4 Å². The van der Waals surface area contributed by atoms with E-state index in [1.54, 1.807) is 31.4 Å². The third kappa shape index (κ3) is 3.71. The van der Waals surface area contributed by atoms with Gasteiger partial charge in [-0.05, 0) is 36.4 Å². The number of para-hydroxylation sites is 2. The maximum absolute atomic E-state index is 12.7. The normalized spacial score (nSPS) is 9.90. The molecule has 2 aromatic carbocycles. The van der Waals surface area contributed by atoms with Crippen molar-refractivity contribution in [1.82, 2.24) is 0 Å². The van der Waals surface area contributed by atoms with E-state index in [1.807, 2.05) is 12.1 Å². The van der Waals surface area contributed by atoms with Crippen LogP contribution >= 0.6 is 0 Å². The average Bonchev–Trinajstić information content (AvgIpc) is 2.47. The van der Waals surface area contributed by atoms with Crippen LogP contribution in [-0.2, 0) is 4.79 Å². The maximum atomic E-state index is 12.7. The minimum atomic E-state index is -0.311. The van der Waals surface area contributed by atoms with Gasteiger partial charge in [-0.25, -0.2) is 4.39 Å². The van der Waals surface area contributed by atoms with Crippen molar-refractivity contribution in [2.75, 3.05) is 24.3 Å². The van der Waals surface area contributed by atoms with Crippen LogP contribution in [0.4, 0.5) is 15.8 Å². The Labute approximate surface area is 116 Å². The third-order valence-electron chi connectivity index (χ3n) is 2.68. The highest BCUT2D eigenvalue weighted by atomic mass is 19.1. The highest BCUT2D eigenvalue weighted by Crippen LogP contribution is 2.22. The lowest BCUT2D eigenvalue weighted by atomic mass is 10.3. The number of carbonyl (C=O) groups excluding carboxylic acids is 1. The van der Waals surface area contributed by atoms with Gasteiger partial charge in [-0.1, -0.05) is 12.1 Å². The summed E-state index contributed by atoms with van der Waals surface area (Å²) in [4.78, 5) is 11.8. The molecule has 0 aliphatic carbocycles. The van der Waals surface area contributed by atoms with Gasteiger partial charge in [0.2, 0.25) is 5.91 Å². The Morgan fingerprint density at radius 2 is 1.85 bits per heavy atom. The first-order chi connectivity index (χ1) is 9.69. The lowest BCUT2D eigenvalue weighted by Gasteiger charge is -2.10. The van der Waals surface area contributed by atoms with Gasteiger partial charge in [0.25, 0.3) is 0 Å². The van der Waals surface area contributed by atoms with Gasteiger partial charge in [-0.15, -0.1) is 0 Å². The Morgan fingerprint density at radius 3 is 2.55 bits per heavy atom. The van der Waals surface area contributed by atoms with E-state index in [0.29, 0.717) is 17.1 Å². The molecule has 0 heterocycles. The molecule has 0 aliphatic rings. The van der Waals surface area contributed by atoms with Gasteiger partial charge in [0.1, 0.15) is 11.6 Å². The fraction of sp³-hybridized carbons (Fsp3) is 0.133. The molecule has 2 aromatic rings. The molecule has 2 rings (SSSR count). The second-order valence-corrected chi connectivity index (χ2v) is 4.11. The number of amides is 1. The Bertz CT molecular complexity index is 585. The van der Waals surface area contributed by atoms with Crippen LogP contribution in [0.2, 0.25) is 0 Å². The van der Waals surface area contributed by atoms with Crippen molar-refractivity contribution in [2.24, 2.45) is 0 Å². The molecule has 5 heteroatoms. The smallest absolute Gasteiger partial charge is 0.243 e. The number of hydrogen-bond acceptors (Lipinski definition) is 3. The number of hydrogen-bond donors (Lipinski definition) is 2. The Hall–Kier alpha value is -2.56. The molecule has 0 aromatic heterocycles. The lowest BCUT2D eigenvalue weighted by Crippen LogP contribution is -2.22. The number of halogens is 1. The van der Waals surface area contributed by atoms with E-state index >= 15 is 0 Å². The van der Waals surface area contributed by atoms with Crippen LogP contribution in [0.1, 0.15) is 0 Å². The summed E-state index contributed by atoms with van der Waals surface area (Å²) in [6, 6.07) is 13.0. The summed E-state index contributed by atoms with van der Waals surface area (Å²) in [5.74, 6) is 0.0791.